The Labute approximate surface area is 311 Å². The predicted octanol–water partition coefficient (Wildman–Crippen LogP) is 3.01. The fourth-order valence-corrected chi connectivity index (χ4v) is 6.46. The summed E-state index contributed by atoms with van der Waals surface area (Å²) in [6.07, 6.45) is 4.84. The third-order valence-corrected chi connectivity index (χ3v) is 9.87. The topological polar surface area (TPSA) is 214 Å². The summed E-state index contributed by atoms with van der Waals surface area (Å²) in [5, 5.41) is 71.5. The van der Waals surface area contributed by atoms with Gasteiger partial charge in [0.2, 0.25) is 0 Å². The highest BCUT2D eigenvalue weighted by Gasteiger charge is 2.47. The Morgan fingerprint density at radius 2 is 1.02 bits per heavy atom. The van der Waals surface area contributed by atoms with Crippen LogP contribution in [0.1, 0.15) is 136 Å². The molecule has 11 unspecified atom stereocenters. The lowest BCUT2D eigenvalue weighted by molar-refractivity contribution is -0.332. The zero-order valence-corrected chi connectivity index (χ0v) is 31.8. The Kier molecular flexibility index (Phi) is 25.8. The smallest absolute Gasteiger partial charge is 0.306 e. The van der Waals surface area contributed by atoms with Gasteiger partial charge in [0, 0.05) is 13.0 Å². The number of aliphatic hydroxyl groups is 7. The molecule has 0 aromatic rings. The molecule has 2 saturated heterocycles. The first-order valence-electron chi connectivity index (χ1n) is 20.1. The maximum absolute atomic E-state index is 12.8. The highest BCUT2D eigenvalue weighted by atomic mass is 16.7. The molecule has 11 atom stereocenters. The predicted molar refractivity (Wildman–Crippen MR) is 192 cm³/mol. The molecule has 0 bridgehead atoms. The number of carbonyl (C=O) groups excluding carboxylic acids is 1. The van der Waals surface area contributed by atoms with Crippen molar-refractivity contribution in [1.82, 2.24) is 0 Å². The molecule has 52 heavy (non-hydrogen) atoms. The number of hydrogen-bond acceptors (Lipinski definition) is 14. The van der Waals surface area contributed by atoms with Crippen LogP contribution in [0.25, 0.3) is 0 Å². The van der Waals surface area contributed by atoms with Gasteiger partial charge in [-0.05, 0) is 12.8 Å². The van der Waals surface area contributed by atoms with Crippen LogP contribution in [0.3, 0.4) is 0 Å². The van der Waals surface area contributed by atoms with E-state index in [1.165, 1.54) is 70.6 Å². The van der Waals surface area contributed by atoms with Gasteiger partial charge in [-0.25, -0.2) is 0 Å². The van der Waals surface area contributed by atoms with E-state index in [0.29, 0.717) is 13.0 Å². The Balaban J connectivity index is 1.87. The lowest BCUT2D eigenvalue weighted by Crippen LogP contribution is -2.61. The van der Waals surface area contributed by atoms with Crippen LogP contribution in [0.5, 0.6) is 0 Å². The zero-order valence-electron chi connectivity index (χ0n) is 31.8. The van der Waals surface area contributed by atoms with Gasteiger partial charge in [-0.15, -0.1) is 0 Å². The number of rotatable bonds is 30. The van der Waals surface area contributed by atoms with Crippen molar-refractivity contribution >= 4 is 5.97 Å². The Morgan fingerprint density at radius 1 is 0.558 bits per heavy atom. The van der Waals surface area contributed by atoms with Crippen LogP contribution < -0.4 is 0 Å². The van der Waals surface area contributed by atoms with Gasteiger partial charge >= 0.3 is 5.97 Å². The van der Waals surface area contributed by atoms with Gasteiger partial charge in [0.15, 0.2) is 12.6 Å². The lowest BCUT2D eigenvalue weighted by atomic mass is 9.98. The Hall–Kier alpha value is -1.01. The maximum Gasteiger partial charge on any atom is 0.306 e. The van der Waals surface area contributed by atoms with Crippen molar-refractivity contribution in [1.29, 1.82) is 0 Å². The molecular weight excluding hydrogens is 680 g/mol. The summed E-state index contributed by atoms with van der Waals surface area (Å²) < 4.78 is 33.9. The Morgan fingerprint density at radius 3 is 1.56 bits per heavy atom. The van der Waals surface area contributed by atoms with Crippen LogP contribution in [0.15, 0.2) is 0 Å². The minimum Gasteiger partial charge on any atom is -0.457 e. The minimum atomic E-state index is -1.70. The summed E-state index contributed by atoms with van der Waals surface area (Å²) in [6.45, 7) is 3.63. The first-order valence-corrected chi connectivity index (χ1v) is 20.1. The van der Waals surface area contributed by atoms with E-state index in [1.807, 2.05) is 0 Å². The van der Waals surface area contributed by atoms with Crippen LogP contribution in [0.4, 0.5) is 0 Å². The molecule has 7 N–H and O–H groups in total. The van der Waals surface area contributed by atoms with Crippen molar-refractivity contribution in [2.24, 2.45) is 0 Å². The van der Waals surface area contributed by atoms with Crippen molar-refractivity contribution in [3.8, 4) is 0 Å². The molecule has 0 aromatic heterocycles. The molecule has 0 spiro atoms. The third-order valence-electron chi connectivity index (χ3n) is 9.87. The highest BCUT2D eigenvalue weighted by molar-refractivity contribution is 5.69. The lowest BCUT2D eigenvalue weighted by Gasteiger charge is -2.42. The van der Waals surface area contributed by atoms with Crippen molar-refractivity contribution in [3.63, 3.8) is 0 Å². The van der Waals surface area contributed by atoms with E-state index in [1.54, 1.807) is 0 Å². The standard InChI is InChI=1S/C38H72O14/c1-3-5-7-9-11-13-15-17-19-21-30(40)50-27(24-47-22-20-18-16-14-12-10-8-6-4-2)25-48-37-36(46)34(44)32(42)29(52-37)26-49-38-35(45)33(43)31(41)28(23-39)51-38/h27-29,31-39,41-46H,3-26H2,1-2H3. The summed E-state index contributed by atoms with van der Waals surface area (Å²) in [6, 6.07) is 0. The summed E-state index contributed by atoms with van der Waals surface area (Å²) >= 11 is 0. The van der Waals surface area contributed by atoms with Gasteiger partial charge in [-0.1, -0.05) is 117 Å². The highest BCUT2D eigenvalue weighted by Crippen LogP contribution is 2.26. The first kappa shape index (κ1) is 47.1. The molecule has 0 saturated carbocycles. The van der Waals surface area contributed by atoms with E-state index >= 15 is 0 Å². The fraction of sp³-hybridized carbons (Fsp3) is 0.974. The quantitative estimate of drug-likeness (QED) is 0.0415. The van der Waals surface area contributed by atoms with Crippen LogP contribution in [0.2, 0.25) is 0 Å². The minimum absolute atomic E-state index is 0.0676. The normalized spacial score (nSPS) is 30.0. The average molecular weight is 753 g/mol. The number of carbonyl (C=O) groups is 1. The average Bonchev–Trinajstić information content (AvgIpc) is 3.14. The molecule has 14 nitrogen and oxygen atoms in total. The molecule has 0 aromatic carbocycles. The van der Waals surface area contributed by atoms with Gasteiger partial charge < -0.3 is 64.2 Å². The van der Waals surface area contributed by atoms with Gasteiger partial charge in [0.05, 0.1) is 26.4 Å². The number of unbranched alkanes of at least 4 members (excludes halogenated alkanes) is 16. The third kappa shape index (κ3) is 18.1. The SMILES string of the molecule is CCCCCCCCCCCOCC(COC1OC(COC2OC(CO)C(O)C(O)C2O)C(O)C(O)C1O)OC(=O)CCCCCCCCCCC. The van der Waals surface area contributed by atoms with Crippen molar-refractivity contribution in [3.05, 3.63) is 0 Å². The second kappa shape index (κ2) is 28.4. The summed E-state index contributed by atoms with van der Waals surface area (Å²) in [4.78, 5) is 12.8. The zero-order chi connectivity index (χ0) is 38.1. The van der Waals surface area contributed by atoms with E-state index in [2.05, 4.69) is 13.8 Å². The Bertz CT molecular complexity index is 881. The molecule has 0 radical (unpaired) electrons. The van der Waals surface area contributed by atoms with Gasteiger partial charge in [0.25, 0.3) is 0 Å². The summed E-state index contributed by atoms with van der Waals surface area (Å²) in [5.41, 5.74) is 0. The maximum atomic E-state index is 12.8. The summed E-state index contributed by atoms with van der Waals surface area (Å²) in [7, 11) is 0. The monoisotopic (exact) mass is 752 g/mol. The van der Waals surface area contributed by atoms with E-state index in [9.17, 15) is 40.5 Å². The number of esters is 1. The van der Waals surface area contributed by atoms with Crippen LogP contribution in [0, 0.1) is 0 Å². The van der Waals surface area contributed by atoms with E-state index in [0.717, 1.165) is 38.5 Å². The van der Waals surface area contributed by atoms with Crippen molar-refractivity contribution in [2.75, 3.05) is 33.0 Å². The second-order valence-electron chi connectivity index (χ2n) is 14.5. The first-order chi connectivity index (χ1) is 25.1. The van der Waals surface area contributed by atoms with E-state index in [-0.39, 0.29) is 25.6 Å². The van der Waals surface area contributed by atoms with Gasteiger partial charge in [-0.3, -0.25) is 4.79 Å². The number of aliphatic hydroxyl groups excluding tert-OH is 7. The fourth-order valence-electron chi connectivity index (χ4n) is 6.46. The van der Waals surface area contributed by atoms with Crippen LogP contribution in [-0.4, -0.2) is 142 Å². The molecule has 2 aliphatic rings. The molecule has 0 amide bonds. The molecular formula is C38H72O14. The van der Waals surface area contributed by atoms with Crippen molar-refractivity contribution < 1.29 is 69.0 Å². The van der Waals surface area contributed by atoms with E-state index < -0.39 is 80.7 Å². The molecule has 2 rings (SSSR count). The molecule has 2 heterocycles. The summed E-state index contributed by atoms with van der Waals surface area (Å²) in [5.74, 6) is -0.380. The van der Waals surface area contributed by atoms with Crippen LogP contribution in [-0.2, 0) is 33.2 Å². The van der Waals surface area contributed by atoms with E-state index in [4.69, 9.17) is 28.4 Å². The second-order valence-corrected chi connectivity index (χ2v) is 14.5. The molecule has 14 heteroatoms. The largest absolute Gasteiger partial charge is 0.457 e. The van der Waals surface area contributed by atoms with Gasteiger partial charge in [0.1, 0.15) is 54.9 Å². The molecule has 2 fully saturated rings. The van der Waals surface area contributed by atoms with Crippen molar-refractivity contribution in [2.45, 2.75) is 203 Å². The van der Waals surface area contributed by atoms with Crippen LogP contribution >= 0.6 is 0 Å². The molecule has 308 valence electrons. The number of ether oxygens (including phenoxy) is 6. The molecule has 0 aliphatic carbocycles. The number of hydrogen-bond donors (Lipinski definition) is 7. The molecule has 2 aliphatic heterocycles. The van der Waals surface area contributed by atoms with Gasteiger partial charge in [-0.2, -0.15) is 0 Å².